The summed E-state index contributed by atoms with van der Waals surface area (Å²) in [6.45, 7) is 3.88. The van der Waals surface area contributed by atoms with Crippen LogP contribution in [0.3, 0.4) is 0 Å². The summed E-state index contributed by atoms with van der Waals surface area (Å²) in [5.41, 5.74) is 3.41. The van der Waals surface area contributed by atoms with Crippen LogP contribution in [-0.2, 0) is 23.2 Å². The van der Waals surface area contributed by atoms with E-state index >= 15 is 0 Å². The first-order valence-electron chi connectivity index (χ1n) is 6.67. The molecular formula is C16H19NO3S. The summed E-state index contributed by atoms with van der Waals surface area (Å²) >= 11 is 0. The quantitative estimate of drug-likeness (QED) is 0.890. The van der Waals surface area contributed by atoms with Crippen LogP contribution in [-0.4, -0.2) is 13.5 Å². The molecule has 2 aromatic carbocycles. The van der Waals surface area contributed by atoms with E-state index in [0.717, 1.165) is 22.3 Å². The van der Waals surface area contributed by atoms with Gasteiger partial charge in [0.2, 0.25) is 10.0 Å². The van der Waals surface area contributed by atoms with Gasteiger partial charge in [-0.15, -0.1) is 0 Å². The molecule has 4 nitrogen and oxygen atoms in total. The fourth-order valence-corrected chi connectivity index (χ4v) is 3.39. The molecule has 0 spiro atoms. The average Bonchev–Trinajstić information content (AvgIpc) is 2.44. The van der Waals surface area contributed by atoms with Gasteiger partial charge in [-0.05, 0) is 48.2 Å². The number of nitrogens with one attached hydrogen (secondary N) is 1. The molecule has 2 rings (SSSR count). The van der Waals surface area contributed by atoms with Crippen molar-refractivity contribution in [2.24, 2.45) is 0 Å². The smallest absolute Gasteiger partial charge is 0.240 e. The van der Waals surface area contributed by atoms with Crippen molar-refractivity contribution < 1.29 is 13.5 Å². The Kier molecular flexibility index (Phi) is 4.77. The molecule has 0 atom stereocenters. The van der Waals surface area contributed by atoms with Crippen LogP contribution in [0, 0.1) is 13.8 Å². The molecule has 112 valence electrons. The lowest BCUT2D eigenvalue weighted by atomic mass is 10.1. The third-order valence-corrected chi connectivity index (χ3v) is 4.53. The van der Waals surface area contributed by atoms with Crippen molar-refractivity contribution in [1.29, 1.82) is 0 Å². The van der Waals surface area contributed by atoms with E-state index in [1.807, 2.05) is 26.0 Å². The Balaban J connectivity index is 2.17. The van der Waals surface area contributed by atoms with E-state index in [-0.39, 0.29) is 18.0 Å². The standard InChI is InChI=1S/C16H19NO3S/c1-12-6-13(2)8-16(7-12)21(19,20)17-10-14-4-3-5-15(9-14)11-18/h3-9,17-18H,10-11H2,1-2H3. The summed E-state index contributed by atoms with van der Waals surface area (Å²) < 4.78 is 27.2. The van der Waals surface area contributed by atoms with Crippen LogP contribution >= 0.6 is 0 Å². The Morgan fingerprint density at radius 3 is 2.24 bits per heavy atom. The number of hydrogen-bond donors (Lipinski definition) is 2. The normalized spacial score (nSPS) is 11.6. The highest BCUT2D eigenvalue weighted by atomic mass is 32.2. The van der Waals surface area contributed by atoms with Crippen molar-refractivity contribution in [3.05, 3.63) is 64.7 Å². The van der Waals surface area contributed by atoms with E-state index < -0.39 is 10.0 Å². The Hall–Kier alpha value is -1.69. The van der Waals surface area contributed by atoms with E-state index in [2.05, 4.69) is 4.72 Å². The SMILES string of the molecule is Cc1cc(C)cc(S(=O)(=O)NCc2cccc(CO)c2)c1. The van der Waals surface area contributed by atoms with Gasteiger partial charge < -0.3 is 5.11 Å². The fourth-order valence-electron chi connectivity index (χ4n) is 2.19. The zero-order chi connectivity index (χ0) is 15.5. The minimum Gasteiger partial charge on any atom is -0.392 e. The fraction of sp³-hybridized carbons (Fsp3) is 0.250. The summed E-state index contributed by atoms with van der Waals surface area (Å²) in [5.74, 6) is 0. The van der Waals surface area contributed by atoms with Gasteiger partial charge in [0.1, 0.15) is 0 Å². The highest BCUT2D eigenvalue weighted by molar-refractivity contribution is 7.89. The zero-order valence-corrected chi connectivity index (χ0v) is 12.9. The molecule has 0 aliphatic heterocycles. The minimum atomic E-state index is -3.54. The first-order chi connectivity index (χ1) is 9.90. The topological polar surface area (TPSA) is 66.4 Å². The maximum absolute atomic E-state index is 12.3. The van der Waals surface area contributed by atoms with Gasteiger partial charge >= 0.3 is 0 Å². The van der Waals surface area contributed by atoms with Crippen LogP contribution < -0.4 is 4.72 Å². The van der Waals surface area contributed by atoms with Crippen LogP contribution in [0.25, 0.3) is 0 Å². The van der Waals surface area contributed by atoms with Gasteiger partial charge in [-0.2, -0.15) is 0 Å². The molecule has 0 saturated carbocycles. The van der Waals surface area contributed by atoms with Crippen molar-refractivity contribution in [3.8, 4) is 0 Å². The minimum absolute atomic E-state index is 0.0579. The second-order valence-corrected chi connectivity index (χ2v) is 6.89. The van der Waals surface area contributed by atoms with Crippen LogP contribution in [0.2, 0.25) is 0 Å². The Labute approximate surface area is 125 Å². The van der Waals surface area contributed by atoms with Gasteiger partial charge in [-0.1, -0.05) is 30.3 Å². The van der Waals surface area contributed by atoms with Crippen LogP contribution in [0.1, 0.15) is 22.3 Å². The second kappa shape index (κ2) is 6.39. The van der Waals surface area contributed by atoms with E-state index in [0.29, 0.717) is 0 Å². The molecule has 0 saturated heterocycles. The summed E-state index contributed by atoms with van der Waals surface area (Å²) in [5, 5.41) is 9.09. The predicted molar refractivity (Wildman–Crippen MR) is 82.3 cm³/mol. The van der Waals surface area contributed by atoms with Gasteiger partial charge in [0.05, 0.1) is 11.5 Å². The van der Waals surface area contributed by atoms with E-state index in [4.69, 9.17) is 5.11 Å². The van der Waals surface area contributed by atoms with E-state index in [9.17, 15) is 8.42 Å². The highest BCUT2D eigenvalue weighted by Gasteiger charge is 2.14. The maximum atomic E-state index is 12.3. The average molecular weight is 305 g/mol. The number of benzene rings is 2. The third kappa shape index (κ3) is 4.14. The lowest BCUT2D eigenvalue weighted by Crippen LogP contribution is -2.23. The highest BCUT2D eigenvalue weighted by Crippen LogP contribution is 2.15. The van der Waals surface area contributed by atoms with Gasteiger partial charge in [-0.25, -0.2) is 13.1 Å². The third-order valence-electron chi connectivity index (χ3n) is 3.15. The lowest BCUT2D eigenvalue weighted by molar-refractivity contribution is 0.281. The van der Waals surface area contributed by atoms with E-state index in [1.54, 1.807) is 30.3 Å². The number of aliphatic hydroxyl groups excluding tert-OH is 1. The maximum Gasteiger partial charge on any atom is 0.240 e. The zero-order valence-electron chi connectivity index (χ0n) is 12.1. The molecule has 5 heteroatoms. The number of hydrogen-bond acceptors (Lipinski definition) is 3. The molecule has 0 unspecified atom stereocenters. The summed E-state index contributed by atoms with van der Waals surface area (Å²) in [4.78, 5) is 0.276. The second-order valence-electron chi connectivity index (χ2n) is 5.13. The number of aliphatic hydroxyl groups is 1. The molecule has 21 heavy (non-hydrogen) atoms. The summed E-state index contributed by atoms with van der Waals surface area (Å²) in [6.07, 6.45) is 0. The molecule has 0 radical (unpaired) electrons. The predicted octanol–water partition coefficient (Wildman–Crippen LogP) is 2.27. The lowest BCUT2D eigenvalue weighted by Gasteiger charge is -2.09. The van der Waals surface area contributed by atoms with Crippen molar-refractivity contribution >= 4 is 10.0 Å². The van der Waals surface area contributed by atoms with Crippen molar-refractivity contribution in [3.63, 3.8) is 0 Å². The molecular weight excluding hydrogens is 286 g/mol. The number of rotatable bonds is 5. The Morgan fingerprint density at radius 1 is 1.00 bits per heavy atom. The van der Waals surface area contributed by atoms with Crippen LogP contribution in [0.4, 0.5) is 0 Å². The van der Waals surface area contributed by atoms with Crippen LogP contribution in [0.15, 0.2) is 47.4 Å². The Morgan fingerprint density at radius 2 is 1.62 bits per heavy atom. The summed E-state index contributed by atoms with van der Waals surface area (Å²) in [7, 11) is -3.54. The van der Waals surface area contributed by atoms with Crippen LogP contribution in [0.5, 0.6) is 0 Å². The molecule has 0 heterocycles. The Bertz CT molecular complexity index is 719. The number of sulfonamides is 1. The molecule has 0 bridgehead atoms. The van der Waals surface area contributed by atoms with Gasteiger partial charge in [0.25, 0.3) is 0 Å². The first-order valence-corrected chi connectivity index (χ1v) is 8.16. The molecule has 2 N–H and O–H groups in total. The van der Waals surface area contributed by atoms with Gasteiger partial charge in [0.15, 0.2) is 0 Å². The summed E-state index contributed by atoms with van der Waals surface area (Å²) in [6, 6.07) is 12.4. The first kappa shape index (κ1) is 15.7. The van der Waals surface area contributed by atoms with Crippen molar-refractivity contribution in [2.75, 3.05) is 0 Å². The van der Waals surface area contributed by atoms with Crippen molar-refractivity contribution in [2.45, 2.75) is 31.9 Å². The monoisotopic (exact) mass is 305 g/mol. The molecule has 0 aliphatic rings. The molecule has 0 fully saturated rings. The largest absolute Gasteiger partial charge is 0.392 e. The van der Waals surface area contributed by atoms with E-state index in [1.165, 1.54) is 0 Å². The molecule has 0 aliphatic carbocycles. The molecule has 2 aromatic rings. The van der Waals surface area contributed by atoms with Crippen molar-refractivity contribution in [1.82, 2.24) is 4.72 Å². The van der Waals surface area contributed by atoms with Gasteiger partial charge in [0, 0.05) is 6.54 Å². The molecule has 0 amide bonds. The molecule has 0 aromatic heterocycles. The van der Waals surface area contributed by atoms with Gasteiger partial charge in [-0.3, -0.25) is 0 Å². The number of aryl methyl sites for hydroxylation is 2.